The number of carbonyl (C=O) groups is 1. The van der Waals surface area contributed by atoms with Crippen LogP contribution in [0.3, 0.4) is 0 Å². The molecule has 14 heavy (non-hydrogen) atoms. The molecule has 2 heterocycles. The van der Waals surface area contributed by atoms with E-state index in [1.807, 2.05) is 17.8 Å². The fraction of sp³-hybridized carbons (Fsp3) is 0.222. The zero-order chi connectivity index (χ0) is 10.1. The highest BCUT2D eigenvalue weighted by atomic mass is 16.1. The molecule has 2 rings (SSSR count). The highest BCUT2D eigenvalue weighted by molar-refractivity contribution is 5.73. The van der Waals surface area contributed by atoms with Gasteiger partial charge < -0.3 is 9.13 Å². The molecule has 0 saturated heterocycles. The van der Waals surface area contributed by atoms with Crippen molar-refractivity contribution in [2.75, 3.05) is 0 Å². The largest absolute Gasteiger partial charge is 0.340 e. The lowest BCUT2D eigenvalue weighted by molar-refractivity contribution is 0.111. The molecular formula is C9H10N4O. The first-order valence-corrected chi connectivity index (χ1v) is 4.17. The lowest BCUT2D eigenvalue weighted by atomic mass is 10.4. The molecule has 0 amide bonds. The summed E-state index contributed by atoms with van der Waals surface area (Å²) in [6.07, 6.45) is 5.87. The number of aromatic nitrogens is 4. The molecule has 5 heteroatoms. The van der Waals surface area contributed by atoms with Gasteiger partial charge in [0.25, 0.3) is 0 Å². The van der Waals surface area contributed by atoms with Crippen LogP contribution in [-0.2, 0) is 14.1 Å². The summed E-state index contributed by atoms with van der Waals surface area (Å²) in [5.41, 5.74) is 1.31. The van der Waals surface area contributed by atoms with E-state index >= 15 is 0 Å². The molecule has 72 valence electrons. The Morgan fingerprint density at radius 2 is 2.14 bits per heavy atom. The number of carbonyl (C=O) groups excluding carboxylic acids is 1. The zero-order valence-corrected chi connectivity index (χ0v) is 8.01. The Kier molecular flexibility index (Phi) is 1.92. The summed E-state index contributed by atoms with van der Waals surface area (Å²) in [4.78, 5) is 18.9. The minimum atomic E-state index is 0.547. The highest BCUT2D eigenvalue weighted by Gasteiger charge is 2.09. The third-order valence-corrected chi connectivity index (χ3v) is 2.08. The van der Waals surface area contributed by atoms with Gasteiger partial charge in [0.1, 0.15) is 11.4 Å². The van der Waals surface area contributed by atoms with E-state index < -0.39 is 0 Å². The standard InChI is InChI=1S/C9H10N4O/c1-12-4-8(11-6-12)9-10-3-7(5-14)13(9)2/h3-6H,1-2H3. The maximum atomic E-state index is 10.6. The molecule has 5 nitrogen and oxygen atoms in total. The summed E-state index contributed by atoms with van der Waals surface area (Å²) in [6, 6.07) is 0. The normalized spacial score (nSPS) is 10.4. The maximum absolute atomic E-state index is 10.6. The van der Waals surface area contributed by atoms with E-state index in [2.05, 4.69) is 9.97 Å². The van der Waals surface area contributed by atoms with Crippen molar-refractivity contribution in [3.8, 4) is 11.5 Å². The molecule has 2 aromatic heterocycles. The van der Waals surface area contributed by atoms with Crippen LogP contribution >= 0.6 is 0 Å². The third kappa shape index (κ3) is 1.22. The smallest absolute Gasteiger partial charge is 0.168 e. The van der Waals surface area contributed by atoms with E-state index in [9.17, 15) is 4.79 Å². The van der Waals surface area contributed by atoms with Gasteiger partial charge in [-0.1, -0.05) is 0 Å². The van der Waals surface area contributed by atoms with Crippen LogP contribution in [0.2, 0.25) is 0 Å². The first-order chi connectivity index (χ1) is 6.72. The Morgan fingerprint density at radius 3 is 2.64 bits per heavy atom. The average Bonchev–Trinajstić information content (AvgIpc) is 2.72. The highest BCUT2D eigenvalue weighted by Crippen LogP contribution is 2.14. The lowest BCUT2D eigenvalue weighted by Gasteiger charge is -1.97. The molecule has 0 aliphatic carbocycles. The zero-order valence-electron chi connectivity index (χ0n) is 8.01. The second-order valence-corrected chi connectivity index (χ2v) is 3.11. The van der Waals surface area contributed by atoms with Crippen LogP contribution in [0.5, 0.6) is 0 Å². The van der Waals surface area contributed by atoms with Crippen molar-refractivity contribution in [2.24, 2.45) is 14.1 Å². The van der Waals surface area contributed by atoms with Crippen LogP contribution in [-0.4, -0.2) is 25.4 Å². The SMILES string of the molecule is Cn1cnc(-c2ncc(C=O)n2C)c1. The molecule has 0 aliphatic rings. The summed E-state index contributed by atoms with van der Waals surface area (Å²) in [5.74, 6) is 0.702. The quantitative estimate of drug-likeness (QED) is 0.653. The van der Waals surface area contributed by atoms with Crippen LogP contribution < -0.4 is 0 Å². The van der Waals surface area contributed by atoms with Gasteiger partial charge in [0.15, 0.2) is 12.1 Å². The molecule has 0 aliphatic heterocycles. The van der Waals surface area contributed by atoms with Crippen molar-refractivity contribution in [1.29, 1.82) is 0 Å². The van der Waals surface area contributed by atoms with Gasteiger partial charge >= 0.3 is 0 Å². The van der Waals surface area contributed by atoms with Crippen molar-refractivity contribution in [1.82, 2.24) is 19.1 Å². The number of imidazole rings is 2. The van der Waals surface area contributed by atoms with E-state index in [0.29, 0.717) is 11.5 Å². The number of aryl methyl sites for hydroxylation is 1. The molecule has 2 aromatic rings. The fourth-order valence-corrected chi connectivity index (χ4v) is 1.30. The second-order valence-electron chi connectivity index (χ2n) is 3.11. The van der Waals surface area contributed by atoms with Crippen molar-refractivity contribution >= 4 is 6.29 Å². The van der Waals surface area contributed by atoms with Gasteiger partial charge in [0.2, 0.25) is 0 Å². The van der Waals surface area contributed by atoms with Gasteiger partial charge in [-0.15, -0.1) is 0 Å². The minimum absolute atomic E-state index is 0.547. The van der Waals surface area contributed by atoms with Gasteiger partial charge in [-0.3, -0.25) is 4.79 Å². The maximum Gasteiger partial charge on any atom is 0.168 e. The Morgan fingerprint density at radius 1 is 1.36 bits per heavy atom. The topological polar surface area (TPSA) is 52.7 Å². The molecular weight excluding hydrogens is 180 g/mol. The molecule has 0 atom stereocenters. The molecule has 0 radical (unpaired) electrons. The van der Waals surface area contributed by atoms with Crippen LogP contribution in [0.1, 0.15) is 10.5 Å². The van der Waals surface area contributed by atoms with Gasteiger partial charge in [0.05, 0.1) is 12.5 Å². The number of aldehydes is 1. The Balaban J connectivity index is 2.51. The van der Waals surface area contributed by atoms with E-state index in [-0.39, 0.29) is 0 Å². The summed E-state index contributed by atoms with van der Waals surface area (Å²) in [6.45, 7) is 0. The van der Waals surface area contributed by atoms with Crippen LogP contribution in [0.15, 0.2) is 18.7 Å². The summed E-state index contributed by atoms with van der Waals surface area (Å²) < 4.78 is 3.56. The average molecular weight is 190 g/mol. The lowest BCUT2D eigenvalue weighted by Crippen LogP contribution is -1.97. The molecule has 0 saturated carbocycles. The predicted molar refractivity (Wildman–Crippen MR) is 50.8 cm³/mol. The predicted octanol–water partition coefficient (Wildman–Crippen LogP) is 0.633. The molecule has 0 aromatic carbocycles. The van der Waals surface area contributed by atoms with E-state index in [4.69, 9.17) is 0 Å². The Bertz CT molecular complexity index is 469. The van der Waals surface area contributed by atoms with Crippen LogP contribution in [0.25, 0.3) is 11.5 Å². The van der Waals surface area contributed by atoms with Crippen molar-refractivity contribution in [2.45, 2.75) is 0 Å². The Hall–Kier alpha value is -1.91. The molecule has 0 unspecified atom stereocenters. The van der Waals surface area contributed by atoms with Crippen LogP contribution in [0, 0.1) is 0 Å². The monoisotopic (exact) mass is 190 g/mol. The molecule has 0 N–H and O–H groups in total. The summed E-state index contributed by atoms with van der Waals surface area (Å²) in [5, 5.41) is 0. The number of nitrogens with zero attached hydrogens (tertiary/aromatic N) is 4. The Labute approximate surface area is 81.0 Å². The third-order valence-electron chi connectivity index (χ3n) is 2.08. The molecule has 0 fully saturated rings. The van der Waals surface area contributed by atoms with Gasteiger partial charge in [0, 0.05) is 20.3 Å². The first kappa shape index (κ1) is 8.68. The molecule has 0 bridgehead atoms. The summed E-state index contributed by atoms with van der Waals surface area (Å²) >= 11 is 0. The number of rotatable bonds is 2. The second kappa shape index (κ2) is 3.10. The van der Waals surface area contributed by atoms with E-state index in [0.717, 1.165) is 12.0 Å². The van der Waals surface area contributed by atoms with Gasteiger partial charge in [-0.2, -0.15) is 0 Å². The van der Waals surface area contributed by atoms with E-state index in [1.54, 1.807) is 17.9 Å². The number of hydrogen-bond acceptors (Lipinski definition) is 3. The first-order valence-electron chi connectivity index (χ1n) is 4.17. The van der Waals surface area contributed by atoms with Crippen LogP contribution in [0.4, 0.5) is 0 Å². The fourth-order valence-electron chi connectivity index (χ4n) is 1.30. The van der Waals surface area contributed by atoms with Gasteiger partial charge in [-0.25, -0.2) is 9.97 Å². The molecule has 0 spiro atoms. The van der Waals surface area contributed by atoms with E-state index in [1.165, 1.54) is 6.20 Å². The van der Waals surface area contributed by atoms with Crippen molar-refractivity contribution in [3.63, 3.8) is 0 Å². The number of hydrogen-bond donors (Lipinski definition) is 0. The summed E-state index contributed by atoms with van der Waals surface area (Å²) in [7, 11) is 3.68. The van der Waals surface area contributed by atoms with Crippen molar-refractivity contribution in [3.05, 3.63) is 24.4 Å². The van der Waals surface area contributed by atoms with Gasteiger partial charge in [-0.05, 0) is 0 Å². The minimum Gasteiger partial charge on any atom is -0.340 e. The van der Waals surface area contributed by atoms with Crippen molar-refractivity contribution < 1.29 is 4.79 Å².